The highest BCUT2D eigenvalue weighted by Gasteiger charge is 2.51. The molecular formula is C14H10F5N3O3S. The molecule has 0 unspecified atom stereocenters. The number of rotatable bonds is 5. The van der Waals surface area contributed by atoms with Crippen LogP contribution in [-0.2, 0) is 16.6 Å². The van der Waals surface area contributed by atoms with Crippen molar-refractivity contribution in [1.82, 2.24) is 4.98 Å². The molecule has 12 heteroatoms. The Bertz CT molecular complexity index is 947. The summed E-state index contributed by atoms with van der Waals surface area (Å²) < 4.78 is 89.0. The Kier molecular flexibility index (Phi) is 5.16. The molecule has 1 aromatic carbocycles. The van der Waals surface area contributed by atoms with Gasteiger partial charge in [0.2, 0.25) is 0 Å². The van der Waals surface area contributed by atoms with Gasteiger partial charge in [-0.15, -0.1) is 0 Å². The van der Waals surface area contributed by atoms with E-state index in [0.29, 0.717) is 12.1 Å². The Morgan fingerprint density at radius 3 is 2.35 bits per heavy atom. The zero-order chi connectivity index (χ0) is 19.7. The van der Waals surface area contributed by atoms with Gasteiger partial charge in [0.25, 0.3) is 5.91 Å². The molecule has 0 aliphatic carbocycles. The molecule has 0 aliphatic heterocycles. The van der Waals surface area contributed by atoms with Crippen molar-refractivity contribution in [2.75, 3.05) is 4.31 Å². The summed E-state index contributed by atoms with van der Waals surface area (Å²) in [5, 5.41) is 0. The number of sulfonamides is 1. The molecule has 0 saturated heterocycles. The lowest BCUT2D eigenvalue weighted by Crippen LogP contribution is -2.42. The molecule has 1 amide bonds. The van der Waals surface area contributed by atoms with E-state index in [4.69, 9.17) is 5.73 Å². The molecule has 2 rings (SSSR count). The molecule has 2 N–H and O–H groups in total. The zero-order valence-electron chi connectivity index (χ0n) is 12.7. The Hall–Kier alpha value is -2.76. The van der Waals surface area contributed by atoms with E-state index < -0.39 is 51.0 Å². The van der Waals surface area contributed by atoms with E-state index in [0.717, 1.165) is 18.3 Å². The highest BCUT2D eigenvalue weighted by molar-refractivity contribution is 7.93. The van der Waals surface area contributed by atoms with E-state index in [1.807, 2.05) is 0 Å². The topological polar surface area (TPSA) is 93.4 Å². The Morgan fingerprint density at radius 1 is 1.15 bits per heavy atom. The number of pyridine rings is 1. The number of halogens is 5. The minimum Gasteiger partial charge on any atom is -0.365 e. The minimum atomic E-state index is -6.02. The average Bonchev–Trinajstić information content (AvgIpc) is 2.54. The maximum Gasteiger partial charge on any atom is 0.516 e. The van der Waals surface area contributed by atoms with Crippen molar-refractivity contribution in [3.05, 3.63) is 59.3 Å². The number of primary amides is 1. The van der Waals surface area contributed by atoms with Gasteiger partial charge in [0.15, 0.2) is 17.5 Å². The second-order valence-corrected chi connectivity index (χ2v) is 6.80. The number of aromatic nitrogens is 1. The van der Waals surface area contributed by atoms with Crippen LogP contribution in [0.4, 0.5) is 27.8 Å². The van der Waals surface area contributed by atoms with E-state index >= 15 is 0 Å². The predicted octanol–water partition coefficient (Wildman–Crippen LogP) is 2.31. The number of carbonyl (C=O) groups excluding carboxylic acids is 1. The van der Waals surface area contributed by atoms with Crippen LogP contribution in [0, 0.1) is 11.6 Å². The number of anilines is 1. The SMILES string of the molecule is NC(=O)c1cccnc1N(Cc1ccc(F)c(F)c1)S(=O)(=O)C(F)(F)F. The van der Waals surface area contributed by atoms with Gasteiger partial charge in [-0.25, -0.2) is 18.1 Å². The van der Waals surface area contributed by atoms with Crippen LogP contribution in [0.1, 0.15) is 15.9 Å². The summed E-state index contributed by atoms with van der Waals surface area (Å²) in [6.07, 6.45) is 0.950. The monoisotopic (exact) mass is 395 g/mol. The summed E-state index contributed by atoms with van der Waals surface area (Å²) in [6, 6.07) is 4.19. The van der Waals surface area contributed by atoms with Gasteiger partial charge >= 0.3 is 15.5 Å². The number of nitrogens with zero attached hydrogens (tertiary/aromatic N) is 2. The summed E-state index contributed by atoms with van der Waals surface area (Å²) in [6.45, 7) is -1.06. The first-order chi connectivity index (χ1) is 11.9. The number of nitrogens with two attached hydrogens (primary N) is 1. The Labute approximate surface area is 144 Å². The Balaban J connectivity index is 2.64. The van der Waals surface area contributed by atoms with Crippen LogP contribution in [0.2, 0.25) is 0 Å². The maximum absolute atomic E-state index is 13.3. The van der Waals surface area contributed by atoms with E-state index in [9.17, 15) is 35.2 Å². The molecule has 0 atom stereocenters. The third-order valence-electron chi connectivity index (χ3n) is 3.18. The summed E-state index contributed by atoms with van der Waals surface area (Å²) in [4.78, 5) is 14.9. The van der Waals surface area contributed by atoms with Gasteiger partial charge in [-0.2, -0.15) is 21.6 Å². The third kappa shape index (κ3) is 3.74. The largest absolute Gasteiger partial charge is 0.516 e. The van der Waals surface area contributed by atoms with Crippen LogP contribution in [0.3, 0.4) is 0 Å². The van der Waals surface area contributed by atoms with Crippen LogP contribution in [0.5, 0.6) is 0 Å². The van der Waals surface area contributed by atoms with Gasteiger partial charge in [0.05, 0.1) is 12.1 Å². The first kappa shape index (κ1) is 19.6. The number of carbonyl (C=O) groups is 1. The predicted molar refractivity (Wildman–Crippen MR) is 80.3 cm³/mol. The number of amides is 1. The van der Waals surface area contributed by atoms with E-state index in [2.05, 4.69) is 4.98 Å². The molecule has 1 aromatic heterocycles. The number of hydrogen-bond acceptors (Lipinski definition) is 4. The lowest BCUT2D eigenvalue weighted by molar-refractivity contribution is -0.0439. The molecule has 26 heavy (non-hydrogen) atoms. The summed E-state index contributed by atoms with van der Waals surface area (Å²) in [5.41, 5.74) is -1.59. The lowest BCUT2D eigenvalue weighted by Gasteiger charge is -2.25. The molecule has 0 spiro atoms. The van der Waals surface area contributed by atoms with E-state index in [1.165, 1.54) is 6.07 Å². The smallest absolute Gasteiger partial charge is 0.365 e. The van der Waals surface area contributed by atoms with Crippen molar-refractivity contribution in [2.45, 2.75) is 12.1 Å². The highest BCUT2D eigenvalue weighted by atomic mass is 32.2. The van der Waals surface area contributed by atoms with Crippen LogP contribution in [0.25, 0.3) is 0 Å². The quantitative estimate of drug-likeness (QED) is 0.787. The van der Waals surface area contributed by atoms with Crippen molar-refractivity contribution in [2.24, 2.45) is 5.73 Å². The second-order valence-electron chi connectivity index (χ2n) is 4.94. The van der Waals surface area contributed by atoms with Crippen molar-refractivity contribution in [3.8, 4) is 0 Å². The fraction of sp³-hybridized carbons (Fsp3) is 0.143. The van der Waals surface area contributed by atoms with Gasteiger partial charge < -0.3 is 5.73 Å². The van der Waals surface area contributed by atoms with Gasteiger partial charge in [-0.1, -0.05) is 6.07 Å². The first-order valence-electron chi connectivity index (χ1n) is 6.73. The summed E-state index contributed by atoms with van der Waals surface area (Å²) in [5.74, 6) is -4.76. The fourth-order valence-corrected chi connectivity index (χ4v) is 2.93. The number of hydrogen-bond donors (Lipinski definition) is 1. The van der Waals surface area contributed by atoms with Crippen LogP contribution < -0.4 is 10.0 Å². The Morgan fingerprint density at radius 2 is 1.81 bits per heavy atom. The molecule has 6 nitrogen and oxygen atoms in total. The van der Waals surface area contributed by atoms with Crippen molar-refractivity contribution in [3.63, 3.8) is 0 Å². The maximum atomic E-state index is 13.3. The first-order valence-corrected chi connectivity index (χ1v) is 8.17. The van der Waals surface area contributed by atoms with E-state index in [-0.39, 0.29) is 9.87 Å². The molecule has 2 aromatic rings. The second kappa shape index (κ2) is 6.86. The average molecular weight is 395 g/mol. The minimum absolute atomic E-state index is 0.236. The lowest BCUT2D eigenvalue weighted by atomic mass is 10.2. The van der Waals surface area contributed by atoms with E-state index in [1.54, 1.807) is 0 Å². The molecular weight excluding hydrogens is 385 g/mol. The summed E-state index contributed by atoms with van der Waals surface area (Å²) in [7, 11) is -6.02. The molecule has 140 valence electrons. The third-order valence-corrected chi connectivity index (χ3v) is 4.65. The van der Waals surface area contributed by atoms with Gasteiger partial charge in [-0.3, -0.25) is 4.79 Å². The molecule has 0 bridgehead atoms. The normalized spacial score (nSPS) is 12.0. The fourth-order valence-electron chi connectivity index (χ4n) is 1.99. The standard InChI is InChI=1S/C14H10F5N3O3S/c15-10-4-3-8(6-11(10)16)7-22(26(24,25)14(17,18)19)13-9(12(20)23)2-1-5-21-13/h1-6H,7H2,(H2,20,23). The van der Waals surface area contributed by atoms with Crippen LogP contribution in [0.15, 0.2) is 36.5 Å². The molecule has 1 heterocycles. The number of benzene rings is 1. The van der Waals surface area contributed by atoms with Crippen molar-refractivity contribution >= 4 is 21.7 Å². The highest BCUT2D eigenvalue weighted by Crippen LogP contribution is 2.32. The summed E-state index contributed by atoms with van der Waals surface area (Å²) >= 11 is 0. The van der Waals surface area contributed by atoms with Gasteiger partial charge in [0, 0.05) is 6.20 Å². The molecule has 0 aliphatic rings. The van der Waals surface area contributed by atoms with Crippen LogP contribution in [-0.4, -0.2) is 24.8 Å². The zero-order valence-corrected chi connectivity index (χ0v) is 13.5. The van der Waals surface area contributed by atoms with Crippen molar-refractivity contribution < 1.29 is 35.2 Å². The molecule has 0 radical (unpaired) electrons. The van der Waals surface area contributed by atoms with Gasteiger partial charge in [0.1, 0.15) is 0 Å². The molecule has 0 fully saturated rings. The van der Waals surface area contributed by atoms with Gasteiger partial charge in [-0.05, 0) is 29.8 Å². The van der Waals surface area contributed by atoms with Crippen LogP contribution >= 0.6 is 0 Å². The molecule has 0 saturated carbocycles. The van der Waals surface area contributed by atoms with Crippen molar-refractivity contribution in [1.29, 1.82) is 0 Å². The number of alkyl halides is 3.